The van der Waals surface area contributed by atoms with Crippen molar-refractivity contribution in [2.45, 2.75) is 25.5 Å². The van der Waals surface area contributed by atoms with E-state index < -0.39 is 5.72 Å². The number of aryl methyl sites for hydroxylation is 1. The maximum atomic E-state index is 13.4. The fraction of sp³-hybridized carbons (Fsp3) is 0.292. The fourth-order valence-electron chi connectivity index (χ4n) is 4.90. The highest BCUT2D eigenvalue weighted by molar-refractivity contribution is 6.02. The number of fused-ring (bicyclic) bond motifs is 2. The molecular weight excluding hydrogens is 450 g/mol. The molecule has 6 rings (SSSR count). The lowest BCUT2D eigenvalue weighted by Crippen LogP contribution is -2.61. The highest BCUT2D eigenvalue weighted by Gasteiger charge is 2.43. The molecule has 0 unspecified atom stereocenters. The third kappa shape index (κ3) is 3.38. The molecule has 2 aromatic carbocycles. The van der Waals surface area contributed by atoms with Crippen molar-refractivity contribution in [1.82, 2.24) is 35.8 Å². The number of methoxy groups -OCH3 is 1. The summed E-state index contributed by atoms with van der Waals surface area (Å²) >= 11 is 0. The van der Waals surface area contributed by atoms with Crippen LogP contribution in [0.3, 0.4) is 0 Å². The molecular formula is C24H23N7O4. The van der Waals surface area contributed by atoms with Crippen LogP contribution in [0, 0.1) is 6.92 Å². The van der Waals surface area contributed by atoms with Gasteiger partial charge in [0.25, 0.3) is 11.8 Å². The van der Waals surface area contributed by atoms with E-state index in [1.807, 2.05) is 25.1 Å². The lowest BCUT2D eigenvalue weighted by molar-refractivity contribution is -0.0246. The summed E-state index contributed by atoms with van der Waals surface area (Å²) in [5, 5.41) is 17.7. The first-order chi connectivity index (χ1) is 17.0. The molecule has 178 valence electrons. The van der Waals surface area contributed by atoms with Gasteiger partial charge in [-0.3, -0.25) is 9.59 Å². The molecule has 1 fully saturated rings. The number of tetrazole rings is 1. The second kappa shape index (κ2) is 7.83. The van der Waals surface area contributed by atoms with E-state index in [1.165, 1.54) is 0 Å². The number of benzene rings is 2. The molecule has 0 atom stereocenters. The zero-order valence-electron chi connectivity index (χ0n) is 19.2. The van der Waals surface area contributed by atoms with Gasteiger partial charge in [0.2, 0.25) is 0 Å². The maximum Gasteiger partial charge on any atom is 0.270 e. The molecule has 0 aliphatic carbocycles. The number of amides is 2. The SMILES string of the molecule is COc1cccc2c(C)c(C(=O)N3CCC4(CC3)NC(=O)c3cc(-c5nnn[nH]5)ccc3O4)[nH]c12. The number of aromatic amines is 2. The number of piperidine rings is 1. The zero-order chi connectivity index (χ0) is 24.2. The fourth-order valence-corrected chi connectivity index (χ4v) is 4.90. The van der Waals surface area contributed by atoms with Crippen LogP contribution in [0.15, 0.2) is 36.4 Å². The Morgan fingerprint density at radius 2 is 2.03 bits per heavy atom. The lowest BCUT2D eigenvalue weighted by atomic mass is 9.96. The Kier molecular flexibility index (Phi) is 4.73. The van der Waals surface area contributed by atoms with Crippen LogP contribution < -0.4 is 14.8 Å². The predicted octanol–water partition coefficient (Wildman–Crippen LogP) is 2.42. The van der Waals surface area contributed by atoms with E-state index in [0.29, 0.717) is 60.1 Å². The predicted molar refractivity (Wildman–Crippen MR) is 125 cm³/mol. The molecule has 3 N–H and O–H groups in total. The van der Waals surface area contributed by atoms with Gasteiger partial charge in [-0.1, -0.05) is 12.1 Å². The molecule has 1 saturated heterocycles. The summed E-state index contributed by atoms with van der Waals surface area (Å²) in [5.74, 6) is 1.37. The number of carbonyl (C=O) groups excluding carboxylic acids is 2. The Hall–Kier alpha value is -4.41. The molecule has 4 heterocycles. The summed E-state index contributed by atoms with van der Waals surface area (Å²) in [5.41, 5.74) is 2.51. The molecule has 4 aromatic rings. The number of rotatable bonds is 3. The molecule has 2 amide bonds. The molecule has 11 nitrogen and oxygen atoms in total. The molecule has 2 aliphatic rings. The van der Waals surface area contributed by atoms with E-state index >= 15 is 0 Å². The number of H-pyrrole nitrogens is 2. The molecule has 35 heavy (non-hydrogen) atoms. The Morgan fingerprint density at radius 3 is 2.77 bits per heavy atom. The van der Waals surface area contributed by atoms with Gasteiger partial charge in [0, 0.05) is 36.9 Å². The quantitative estimate of drug-likeness (QED) is 0.415. The van der Waals surface area contributed by atoms with Crippen molar-refractivity contribution in [2.24, 2.45) is 0 Å². The number of para-hydroxylation sites is 1. The van der Waals surface area contributed by atoms with E-state index in [1.54, 1.807) is 30.2 Å². The smallest absolute Gasteiger partial charge is 0.270 e. The first-order valence-electron chi connectivity index (χ1n) is 11.3. The summed E-state index contributed by atoms with van der Waals surface area (Å²) in [6.07, 6.45) is 0.945. The molecule has 0 saturated carbocycles. The summed E-state index contributed by atoms with van der Waals surface area (Å²) in [7, 11) is 1.61. The third-order valence-corrected chi connectivity index (χ3v) is 6.84. The van der Waals surface area contributed by atoms with Crippen molar-refractivity contribution in [2.75, 3.05) is 20.2 Å². The maximum absolute atomic E-state index is 13.4. The van der Waals surface area contributed by atoms with Crippen molar-refractivity contribution >= 4 is 22.7 Å². The van der Waals surface area contributed by atoms with Gasteiger partial charge in [-0.25, -0.2) is 5.10 Å². The molecule has 1 spiro atoms. The van der Waals surface area contributed by atoms with E-state index in [0.717, 1.165) is 16.5 Å². The van der Waals surface area contributed by atoms with Crippen LogP contribution in [-0.4, -0.2) is 68.2 Å². The number of aromatic nitrogens is 5. The van der Waals surface area contributed by atoms with E-state index in [4.69, 9.17) is 9.47 Å². The first kappa shape index (κ1) is 21.1. The summed E-state index contributed by atoms with van der Waals surface area (Å²) in [6.45, 7) is 2.83. The number of ether oxygens (including phenoxy) is 2. The number of nitrogens with one attached hydrogen (secondary N) is 3. The van der Waals surface area contributed by atoms with Crippen LogP contribution in [0.5, 0.6) is 11.5 Å². The van der Waals surface area contributed by atoms with Gasteiger partial charge in [-0.15, -0.1) is 5.10 Å². The summed E-state index contributed by atoms with van der Waals surface area (Å²) in [6, 6.07) is 11.0. The van der Waals surface area contributed by atoms with Crippen LogP contribution in [0.25, 0.3) is 22.3 Å². The molecule has 0 bridgehead atoms. The van der Waals surface area contributed by atoms with E-state index in [2.05, 4.69) is 30.9 Å². The van der Waals surface area contributed by atoms with Gasteiger partial charge in [0.1, 0.15) is 17.2 Å². The third-order valence-electron chi connectivity index (χ3n) is 6.84. The number of likely N-dealkylation sites (tertiary alicyclic amines) is 1. The monoisotopic (exact) mass is 473 g/mol. The van der Waals surface area contributed by atoms with Gasteiger partial charge in [0.05, 0.1) is 18.2 Å². The minimum atomic E-state index is -0.852. The summed E-state index contributed by atoms with van der Waals surface area (Å²) < 4.78 is 11.7. The number of hydrogen-bond acceptors (Lipinski definition) is 7. The van der Waals surface area contributed by atoms with Gasteiger partial charge < -0.3 is 24.7 Å². The van der Waals surface area contributed by atoms with Crippen LogP contribution >= 0.6 is 0 Å². The Morgan fingerprint density at radius 1 is 1.20 bits per heavy atom. The average Bonchev–Trinajstić information content (AvgIpc) is 3.53. The van der Waals surface area contributed by atoms with Crippen molar-refractivity contribution < 1.29 is 19.1 Å². The van der Waals surface area contributed by atoms with E-state index in [-0.39, 0.29) is 11.8 Å². The normalized spacial score (nSPS) is 16.6. The number of carbonyl (C=O) groups is 2. The van der Waals surface area contributed by atoms with Crippen LogP contribution in [0.4, 0.5) is 0 Å². The molecule has 2 aliphatic heterocycles. The highest BCUT2D eigenvalue weighted by atomic mass is 16.5. The Labute approximate surface area is 199 Å². The van der Waals surface area contributed by atoms with Crippen molar-refractivity contribution in [3.63, 3.8) is 0 Å². The number of nitrogens with zero attached hydrogens (tertiary/aromatic N) is 4. The lowest BCUT2D eigenvalue weighted by Gasteiger charge is -2.44. The first-order valence-corrected chi connectivity index (χ1v) is 11.3. The Balaban J connectivity index is 1.20. The molecule has 0 radical (unpaired) electrons. The van der Waals surface area contributed by atoms with Gasteiger partial charge in [0.15, 0.2) is 11.5 Å². The van der Waals surface area contributed by atoms with Crippen molar-refractivity contribution in [3.05, 3.63) is 53.2 Å². The van der Waals surface area contributed by atoms with Crippen LogP contribution in [0.2, 0.25) is 0 Å². The Bertz CT molecular complexity index is 1450. The largest absolute Gasteiger partial charge is 0.495 e. The van der Waals surface area contributed by atoms with Gasteiger partial charge in [-0.2, -0.15) is 0 Å². The highest BCUT2D eigenvalue weighted by Crippen LogP contribution is 2.36. The van der Waals surface area contributed by atoms with E-state index in [9.17, 15) is 9.59 Å². The average molecular weight is 473 g/mol. The minimum Gasteiger partial charge on any atom is -0.495 e. The second-order valence-corrected chi connectivity index (χ2v) is 8.81. The van der Waals surface area contributed by atoms with Gasteiger partial charge >= 0.3 is 0 Å². The second-order valence-electron chi connectivity index (χ2n) is 8.81. The standard InChI is InChI=1S/C24H23N7O4/c1-13-15-4-3-5-18(34-2)20(15)25-19(13)23(33)31-10-8-24(9-11-31)26-22(32)16-12-14(6-7-17(16)35-24)21-27-29-30-28-21/h3-7,12,25H,8-11H2,1-2H3,(H,26,32)(H,27,28,29,30). The van der Waals surface area contributed by atoms with Crippen molar-refractivity contribution in [1.29, 1.82) is 0 Å². The molecule has 2 aromatic heterocycles. The number of hydrogen-bond donors (Lipinski definition) is 3. The molecule has 11 heteroatoms. The van der Waals surface area contributed by atoms with Crippen LogP contribution in [0.1, 0.15) is 39.3 Å². The van der Waals surface area contributed by atoms with Gasteiger partial charge in [-0.05, 0) is 47.2 Å². The minimum absolute atomic E-state index is 0.0801. The van der Waals surface area contributed by atoms with Crippen molar-refractivity contribution in [3.8, 4) is 22.9 Å². The topological polar surface area (TPSA) is 138 Å². The zero-order valence-corrected chi connectivity index (χ0v) is 19.2. The van der Waals surface area contributed by atoms with Crippen LogP contribution in [-0.2, 0) is 0 Å². The summed E-state index contributed by atoms with van der Waals surface area (Å²) in [4.78, 5) is 31.4.